The standard InChI is InChI=1S/C18H16N2O2S/c1-13-8-10-23-17(13)18(21)20-14-6-4-7-16(11-14)22-12-15-5-2-3-9-19-15/h2-11H,12H2,1H3,(H,20,21). The summed E-state index contributed by atoms with van der Waals surface area (Å²) in [6.45, 7) is 2.32. The Labute approximate surface area is 138 Å². The molecule has 3 aromatic rings. The monoisotopic (exact) mass is 324 g/mol. The number of thiophene rings is 1. The fourth-order valence-electron chi connectivity index (χ4n) is 2.10. The van der Waals surface area contributed by atoms with Crippen LogP contribution < -0.4 is 10.1 Å². The van der Waals surface area contributed by atoms with Crippen molar-refractivity contribution in [3.8, 4) is 5.75 Å². The number of nitrogens with one attached hydrogen (secondary N) is 1. The van der Waals surface area contributed by atoms with Crippen LogP contribution >= 0.6 is 11.3 Å². The topological polar surface area (TPSA) is 51.2 Å². The summed E-state index contributed by atoms with van der Waals surface area (Å²) in [5.41, 5.74) is 2.55. The van der Waals surface area contributed by atoms with Gasteiger partial charge < -0.3 is 10.1 Å². The van der Waals surface area contributed by atoms with E-state index < -0.39 is 0 Å². The number of rotatable bonds is 5. The van der Waals surface area contributed by atoms with E-state index in [1.54, 1.807) is 6.20 Å². The molecule has 1 N–H and O–H groups in total. The molecule has 0 atom stereocenters. The molecule has 0 aliphatic rings. The molecule has 5 heteroatoms. The highest BCUT2D eigenvalue weighted by molar-refractivity contribution is 7.12. The molecule has 0 bridgehead atoms. The molecule has 4 nitrogen and oxygen atoms in total. The van der Waals surface area contributed by atoms with Gasteiger partial charge in [-0.25, -0.2) is 0 Å². The van der Waals surface area contributed by atoms with Crippen LogP contribution in [0.3, 0.4) is 0 Å². The van der Waals surface area contributed by atoms with Gasteiger partial charge in [0.05, 0.1) is 10.6 Å². The van der Waals surface area contributed by atoms with Crippen LogP contribution in [-0.2, 0) is 6.61 Å². The molecule has 2 heterocycles. The van der Waals surface area contributed by atoms with Gasteiger partial charge in [0.1, 0.15) is 12.4 Å². The second-order valence-corrected chi connectivity index (χ2v) is 5.94. The molecular weight excluding hydrogens is 308 g/mol. The van der Waals surface area contributed by atoms with Crippen molar-refractivity contribution in [2.75, 3.05) is 5.32 Å². The van der Waals surface area contributed by atoms with Crippen molar-refractivity contribution in [1.29, 1.82) is 0 Å². The lowest BCUT2D eigenvalue weighted by molar-refractivity contribution is 0.103. The summed E-state index contributed by atoms with van der Waals surface area (Å²) in [6, 6.07) is 15.0. The summed E-state index contributed by atoms with van der Waals surface area (Å²) < 4.78 is 5.72. The van der Waals surface area contributed by atoms with Gasteiger partial charge in [-0.05, 0) is 48.2 Å². The molecule has 0 saturated heterocycles. The summed E-state index contributed by atoms with van der Waals surface area (Å²) in [6.07, 6.45) is 1.73. The first kappa shape index (κ1) is 15.2. The van der Waals surface area contributed by atoms with E-state index in [-0.39, 0.29) is 5.91 Å². The number of aryl methyl sites for hydroxylation is 1. The van der Waals surface area contributed by atoms with Gasteiger partial charge in [0, 0.05) is 18.0 Å². The van der Waals surface area contributed by atoms with E-state index >= 15 is 0 Å². The van der Waals surface area contributed by atoms with Crippen molar-refractivity contribution >= 4 is 22.9 Å². The molecule has 0 aliphatic carbocycles. The minimum absolute atomic E-state index is 0.0978. The summed E-state index contributed by atoms with van der Waals surface area (Å²) in [5.74, 6) is 0.593. The van der Waals surface area contributed by atoms with Gasteiger partial charge in [-0.3, -0.25) is 9.78 Å². The van der Waals surface area contributed by atoms with Crippen LogP contribution in [0.1, 0.15) is 20.9 Å². The molecule has 116 valence electrons. The number of nitrogens with zero attached hydrogens (tertiary/aromatic N) is 1. The fraction of sp³-hybridized carbons (Fsp3) is 0.111. The minimum atomic E-state index is -0.0978. The summed E-state index contributed by atoms with van der Waals surface area (Å²) in [4.78, 5) is 17.2. The Morgan fingerprint density at radius 3 is 2.87 bits per heavy atom. The molecule has 0 saturated carbocycles. The predicted molar refractivity (Wildman–Crippen MR) is 92.0 cm³/mol. The van der Waals surface area contributed by atoms with E-state index in [1.165, 1.54) is 11.3 Å². The first-order valence-electron chi connectivity index (χ1n) is 7.20. The van der Waals surface area contributed by atoms with Crippen molar-refractivity contribution in [1.82, 2.24) is 4.98 Å². The Hall–Kier alpha value is -2.66. The van der Waals surface area contributed by atoms with Gasteiger partial charge in [0.25, 0.3) is 5.91 Å². The van der Waals surface area contributed by atoms with Crippen LogP contribution in [0.2, 0.25) is 0 Å². The largest absolute Gasteiger partial charge is 0.487 e. The Bertz CT molecular complexity index is 800. The predicted octanol–water partition coefficient (Wildman–Crippen LogP) is 4.28. The average Bonchev–Trinajstić information content (AvgIpc) is 3.00. The van der Waals surface area contributed by atoms with E-state index in [9.17, 15) is 4.79 Å². The third-order valence-corrected chi connectivity index (χ3v) is 4.29. The molecule has 0 radical (unpaired) electrons. The van der Waals surface area contributed by atoms with Crippen molar-refractivity contribution in [3.63, 3.8) is 0 Å². The van der Waals surface area contributed by atoms with Gasteiger partial charge in [-0.1, -0.05) is 12.1 Å². The van der Waals surface area contributed by atoms with Crippen molar-refractivity contribution in [2.24, 2.45) is 0 Å². The van der Waals surface area contributed by atoms with Gasteiger partial charge in [0.2, 0.25) is 0 Å². The normalized spacial score (nSPS) is 10.3. The summed E-state index contributed by atoms with van der Waals surface area (Å²) in [5, 5.41) is 4.81. The molecule has 23 heavy (non-hydrogen) atoms. The highest BCUT2D eigenvalue weighted by Crippen LogP contribution is 2.21. The molecule has 1 amide bonds. The van der Waals surface area contributed by atoms with Crippen LogP contribution in [-0.4, -0.2) is 10.9 Å². The lowest BCUT2D eigenvalue weighted by atomic mass is 10.2. The van der Waals surface area contributed by atoms with E-state index in [0.29, 0.717) is 18.0 Å². The smallest absolute Gasteiger partial charge is 0.265 e. The zero-order chi connectivity index (χ0) is 16.1. The van der Waals surface area contributed by atoms with Crippen molar-refractivity contribution < 1.29 is 9.53 Å². The quantitative estimate of drug-likeness (QED) is 0.762. The lowest BCUT2D eigenvalue weighted by Crippen LogP contribution is -2.11. The van der Waals surface area contributed by atoms with Crippen molar-refractivity contribution in [3.05, 3.63) is 76.2 Å². The van der Waals surface area contributed by atoms with Crippen LogP contribution in [0.4, 0.5) is 5.69 Å². The van der Waals surface area contributed by atoms with E-state index in [2.05, 4.69) is 10.3 Å². The Balaban J connectivity index is 1.65. The van der Waals surface area contributed by atoms with Crippen LogP contribution in [0.25, 0.3) is 0 Å². The third-order valence-electron chi connectivity index (χ3n) is 3.27. The maximum Gasteiger partial charge on any atom is 0.265 e. The van der Waals surface area contributed by atoms with Crippen molar-refractivity contribution in [2.45, 2.75) is 13.5 Å². The maximum absolute atomic E-state index is 12.2. The van der Waals surface area contributed by atoms with Gasteiger partial charge in [0.15, 0.2) is 0 Å². The molecular formula is C18H16N2O2S. The Morgan fingerprint density at radius 1 is 1.22 bits per heavy atom. The van der Waals surface area contributed by atoms with E-state index in [4.69, 9.17) is 4.74 Å². The van der Waals surface area contributed by atoms with Crippen LogP contribution in [0, 0.1) is 6.92 Å². The SMILES string of the molecule is Cc1ccsc1C(=O)Nc1cccc(OCc2ccccn2)c1. The minimum Gasteiger partial charge on any atom is -0.487 e. The molecule has 0 fully saturated rings. The van der Waals surface area contributed by atoms with Gasteiger partial charge in [-0.2, -0.15) is 0 Å². The van der Waals surface area contributed by atoms with Crippen LogP contribution in [0.15, 0.2) is 60.1 Å². The first-order valence-corrected chi connectivity index (χ1v) is 8.08. The number of carbonyl (C=O) groups excluding carboxylic acids is 1. The molecule has 0 spiro atoms. The molecule has 3 rings (SSSR count). The Morgan fingerprint density at radius 2 is 2.13 bits per heavy atom. The molecule has 2 aromatic heterocycles. The molecule has 0 unspecified atom stereocenters. The highest BCUT2D eigenvalue weighted by atomic mass is 32.1. The number of hydrogen-bond acceptors (Lipinski definition) is 4. The number of pyridine rings is 1. The number of aromatic nitrogens is 1. The maximum atomic E-state index is 12.2. The number of benzene rings is 1. The van der Waals surface area contributed by atoms with E-state index in [0.717, 1.165) is 16.1 Å². The van der Waals surface area contributed by atoms with Crippen LogP contribution in [0.5, 0.6) is 5.75 Å². The molecule has 0 aliphatic heterocycles. The lowest BCUT2D eigenvalue weighted by Gasteiger charge is -2.09. The second kappa shape index (κ2) is 7.07. The number of anilines is 1. The highest BCUT2D eigenvalue weighted by Gasteiger charge is 2.10. The van der Waals surface area contributed by atoms with Gasteiger partial charge in [-0.15, -0.1) is 11.3 Å². The average molecular weight is 324 g/mol. The van der Waals surface area contributed by atoms with Gasteiger partial charge >= 0.3 is 0 Å². The number of ether oxygens (including phenoxy) is 1. The zero-order valence-corrected chi connectivity index (χ0v) is 13.5. The summed E-state index contributed by atoms with van der Waals surface area (Å²) in [7, 11) is 0. The Kier molecular flexibility index (Phi) is 4.68. The zero-order valence-electron chi connectivity index (χ0n) is 12.7. The molecule has 1 aromatic carbocycles. The van der Waals surface area contributed by atoms with E-state index in [1.807, 2.05) is 60.8 Å². The second-order valence-electron chi connectivity index (χ2n) is 5.02. The summed E-state index contributed by atoms with van der Waals surface area (Å²) >= 11 is 1.44. The number of hydrogen-bond donors (Lipinski definition) is 1. The first-order chi connectivity index (χ1) is 11.2. The fourth-order valence-corrected chi connectivity index (χ4v) is 2.92. The number of carbonyl (C=O) groups is 1. The third kappa shape index (κ3) is 3.96. The number of amides is 1.